The molecule has 1 amide bonds. The molecule has 15 heavy (non-hydrogen) atoms. The summed E-state index contributed by atoms with van der Waals surface area (Å²) in [4.78, 5) is 10.6. The van der Waals surface area contributed by atoms with Gasteiger partial charge in [-0.15, -0.1) is 0 Å². The molecule has 1 aromatic rings. The maximum absolute atomic E-state index is 10.6. The highest BCUT2D eigenvalue weighted by Gasteiger charge is 2.07. The molecule has 0 heterocycles. The molecule has 1 atom stereocenters. The number of amides is 1. The third kappa shape index (κ3) is 4.58. The third-order valence-electron chi connectivity index (χ3n) is 2.05. The monoisotopic (exact) mass is 208 g/mol. The zero-order chi connectivity index (χ0) is 11.1. The van der Waals surface area contributed by atoms with E-state index in [1.54, 1.807) is 0 Å². The minimum atomic E-state index is -0.610. The van der Waals surface area contributed by atoms with Gasteiger partial charge in [-0.1, -0.05) is 30.3 Å². The summed E-state index contributed by atoms with van der Waals surface area (Å²) in [7, 11) is 0. The number of carbonyl (C=O) groups excluding carboxylic acids is 1. The van der Waals surface area contributed by atoms with E-state index in [0.29, 0.717) is 19.6 Å². The molecule has 1 rings (SSSR count). The molecule has 4 heteroatoms. The Kier molecular flexibility index (Phi) is 4.80. The van der Waals surface area contributed by atoms with Gasteiger partial charge in [0.05, 0.1) is 12.6 Å². The molecular formula is C11H16N2O2. The summed E-state index contributed by atoms with van der Waals surface area (Å²) < 4.78 is 5.35. The highest BCUT2D eigenvalue weighted by atomic mass is 16.5. The predicted octanol–water partition coefficient (Wildman–Crippen LogP) is 0.406. The van der Waals surface area contributed by atoms with Crippen LogP contribution in [-0.4, -0.2) is 18.6 Å². The number of hydrogen-bond acceptors (Lipinski definition) is 3. The second-order valence-electron chi connectivity index (χ2n) is 3.34. The standard InChI is InChI=1S/C11H16N2O2/c12-10(11(13)14)6-7-15-8-9-4-2-1-3-5-9/h1-5,10H,6-8,12H2,(H2,13,14)/t10-/m1/s1. The molecule has 0 unspecified atom stereocenters. The smallest absolute Gasteiger partial charge is 0.234 e. The fourth-order valence-electron chi connectivity index (χ4n) is 1.12. The summed E-state index contributed by atoms with van der Waals surface area (Å²) in [6.45, 7) is 0.978. The largest absolute Gasteiger partial charge is 0.377 e. The molecule has 0 aliphatic carbocycles. The molecule has 0 saturated carbocycles. The Balaban J connectivity index is 2.15. The van der Waals surface area contributed by atoms with Crippen molar-refractivity contribution in [3.63, 3.8) is 0 Å². The Hall–Kier alpha value is -1.39. The number of benzene rings is 1. The lowest BCUT2D eigenvalue weighted by molar-refractivity contribution is -0.119. The third-order valence-corrected chi connectivity index (χ3v) is 2.05. The van der Waals surface area contributed by atoms with E-state index in [2.05, 4.69) is 0 Å². The van der Waals surface area contributed by atoms with E-state index in [9.17, 15) is 4.79 Å². The van der Waals surface area contributed by atoms with E-state index in [-0.39, 0.29) is 0 Å². The van der Waals surface area contributed by atoms with Gasteiger partial charge in [0.25, 0.3) is 0 Å². The van der Waals surface area contributed by atoms with Gasteiger partial charge in [-0.05, 0) is 12.0 Å². The summed E-state index contributed by atoms with van der Waals surface area (Å²) >= 11 is 0. The van der Waals surface area contributed by atoms with E-state index < -0.39 is 11.9 Å². The molecule has 0 saturated heterocycles. The molecule has 1 aromatic carbocycles. The summed E-state index contributed by atoms with van der Waals surface area (Å²) in [5.41, 5.74) is 11.6. The van der Waals surface area contributed by atoms with Crippen LogP contribution in [0.4, 0.5) is 0 Å². The van der Waals surface area contributed by atoms with Crippen LogP contribution in [0.25, 0.3) is 0 Å². The van der Waals surface area contributed by atoms with Crippen LogP contribution in [0.1, 0.15) is 12.0 Å². The first-order valence-electron chi connectivity index (χ1n) is 4.86. The lowest BCUT2D eigenvalue weighted by Gasteiger charge is -2.07. The van der Waals surface area contributed by atoms with Crippen molar-refractivity contribution < 1.29 is 9.53 Å². The number of carbonyl (C=O) groups is 1. The van der Waals surface area contributed by atoms with Crippen LogP contribution in [0.5, 0.6) is 0 Å². The average molecular weight is 208 g/mol. The van der Waals surface area contributed by atoms with E-state index in [4.69, 9.17) is 16.2 Å². The zero-order valence-corrected chi connectivity index (χ0v) is 8.56. The van der Waals surface area contributed by atoms with Crippen LogP contribution in [0.2, 0.25) is 0 Å². The molecule has 0 fully saturated rings. The van der Waals surface area contributed by atoms with Crippen molar-refractivity contribution in [2.45, 2.75) is 19.1 Å². The minimum Gasteiger partial charge on any atom is -0.377 e. The molecule has 0 aliphatic rings. The molecule has 0 bridgehead atoms. The van der Waals surface area contributed by atoms with Crippen LogP contribution in [-0.2, 0) is 16.1 Å². The number of nitrogens with two attached hydrogens (primary N) is 2. The van der Waals surface area contributed by atoms with Crippen LogP contribution in [0.15, 0.2) is 30.3 Å². The molecule has 4 nitrogen and oxygen atoms in total. The highest BCUT2D eigenvalue weighted by molar-refractivity contribution is 5.79. The van der Waals surface area contributed by atoms with Gasteiger partial charge in [-0.3, -0.25) is 4.79 Å². The van der Waals surface area contributed by atoms with Gasteiger partial charge in [0.1, 0.15) is 0 Å². The van der Waals surface area contributed by atoms with Gasteiger partial charge < -0.3 is 16.2 Å². The molecule has 0 radical (unpaired) electrons. The molecule has 0 aliphatic heterocycles. The van der Waals surface area contributed by atoms with Gasteiger partial charge in [0.15, 0.2) is 0 Å². The highest BCUT2D eigenvalue weighted by Crippen LogP contribution is 2.01. The summed E-state index contributed by atoms with van der Waals surface area (Å²) in [6, 6.07) is 9.21. The van der Waals surface area contributed by atoms with E-state index >= 15 is 0 Å². The van der Waals surface area contributed by atoms with Crippen LogP contribution in [0, 0.1) is 0 Å². The summed E-state index contributed by atoms with van der Waals surface area (Å²) in [5.74, 6) is -0.488. The van der Waals surface area contributed by atoms with Crippen molar-refractivity contribution in [2.75, 3.05) is 6.61 Å². The number of primary amides is 1. The molecule has 0 spiro atoms. The molecule has 4 N–H and O–H groups in total. The van der Waals surface area contributed by atoms with Crippen LogP contribution in [0.3, 0.4) is 0 Å². The fraction of sp³-hybridized carbons (Fsp3) is 0.364. The van der Waals surface area contributed by atoms with E-state index in [1.165, 1.54) is 0 Å². The lowest BCUT2D eigenvalue weighted by Crippen LogP contribution is -2.37. The number of rotatable bonds is 6. The second kappa shape index (κ2) is 6.16. The first-order valence-corrected chi connectivity index (χ1v) is 4.86. The van der Waals surface area contributed by atoms with Gasteiger partial charge >= 0.3 is 0 Å². The minimum absolute atomic E-state index is 0.443. The van der Waals surface area contributed by atoms with Gasteiger partial charge in [-0.2, -0.15) is 0 Å². The Labute approximate surface area is 89.2 Å². The second-order valence-corrected chi connectivity index (χ2v) is 3.34. The van der Waals surface area contributed by atoms with Crippen LogP contribution >= 0.6 is 0 Å². The normalized spacial score (nSPS) is 12.3. The maximum Gasteiger partial charge on any atom is 0.234 e. The maximum atomic E-state index is 10.6. The SMILES string of the molecule is NC(=O)[C@H](N)CCOCc1ccccc1. The fourth-order valence-corrected chi connectivity index (χ4v) is 1.12. The topological polar surface area (TPSA) is 78.3 Å². The van der Waals surface area contributed by atoms with Crippen LogP contribution < -0.4 is 11.5 Å². The quantitative estimate of drug-likeness (QED) is 0.664. The predicted molar refractivity (Wildman–Crippen MR) is 57.9 cm³/mol. The van der Waals surface area contributed by atoms with Gasteiger partial charge in [0, 0.05) is 6.61 Å². The molecule has 0 aromatic heterocycles. The van der Waals surface area contributed by atoms with Crippen molar-refractivity contribution in [3.05, 3.63) is 35.9 Å². The van der Waals surface area contributed by atoms with Gasteiger partial charge in [-0.25, -0.2) is 0 Å². The van der Waals surface area contributed by atoms with Gasteiger partial charge in [0.2, 0.25) is 5.91 Å². The number of ether oxygens (including phenoxy) is 1. The Morgan fingerprint density at radius 3 is 2.60 bits per heavy atom. The van der Waals surface area contributed by atoms with Crippen molar-refractivity contribution in [1.29, 1.82) is 0 Å². The summed E-state index contributed by atoms with van der Waals surface area (Å²) in [5, 5.41) is 0. The van der Waals surface area contributed by atoms with E-state index in [0.717, 1.165) is 5.56 Å². The Morgan fingerprint density at radius 2 is 2.00 bits per heavy atom. The van der Waals surface area contributed by atoms with Crippen molar-refractivity contribution in [1.82, 2.24) is 0 Å². The lowest BCUT2D eigenvalue weighted by atomic mass is 10.2. The van der Waals surface area contributed by atoms with Crippen molar-refractivity contribution in [3.8, 4) is 0 Å². The summed E-state index contributed by atoms with van der Waals surface area (Å²) in [6.07, 6.45) is 0.460. The molecule has 82 valence electrons. The Bertz CT molecular complexity index is 301. The van der Waals surface area contributed by atoms with Crippen molar-refractivity contribution >= 4 is 5.91 Å². The molecular weight excluding hydrogens is 192 g/mol. The van der Waals surface area contributed by atoms with E-state index in [1.807, 2.05) is 30.3 Å². The Morgan fingerprint density at radius 1 is 1.33 bits per heavy atom. The first-order chi connectivity index (χ1) is 7.20. The first kappa shape index (κ1) is 11.7. The zero-order valence-electron chi connectivity index (χ0n) is 8.56. The average Bonchev–Trinajstić information content (AvgIpc) is 2.25. The van der Waals surface area contributed by atoms with Crippen molar-refractivity contribution in [2.24, 2.45) is 11.5 Å². The number of hydrogen-bond donors (Lipinski definition) is 2.